The summed E-state index contributed by atoms with van der Waals surface area (Å²) in [6, 6.07) is 22.4. The molecular formula is C25H20FN3O2. The third kappa shape index (κ3) is 5.30. The van der Waals surface area contributed by atoms with Gasteiger partial charge in [0.05, 0.1) is 0 Å². The fourth-order valence-electron chi connectivity index (χ4n) is 2.95. The molecule has 0 aliphatic rings. The van der Waals surface area contributed by atoms with Crippen molar-refractivity contribution < 1.29 is 13.9 Å². The first-order chi connectivity index (χ1) is 15.1. The summed E-state index contributed by atoms with van der Waals surface area (Å²) in [5.74, 6) is 0.871. The van der Waals surface area contributed by atoms with Crippen LogP contribution >= 0.6 is 0 Å². The minimum atomic E-state index is -0.310. The van der Waals surface area contributed by atoms with Crippen LogP contribution in [0.3, 0.4) is 0 Å². The van der Waals surface area contributed by atoms with E-state index in [2.05, 4.69) is 15.3 Å². The van der Waals surface area contributed by atoms with Gasteiger partial charge in [0.1, 0.15) is 11.6 Å². The largest absolute Gasteiger partial charge is 0.439 e. The van der Waals surface area contributed by atoms with Crippen molar-refractivity contribution in [1.82, 2.24) is 15.3 Å². The number of aryl methyl sites for hydroxylation is 1. The Labute approximate surface area is 179 Å². The number of benzene rings is 3. The second-order valence-corrected chi connectivity index (χ2v) is 7.02. The zero-order valence-corrected chi connectivity index (χ0v) is 16.9. The molecule has 0 saturated heterocycles. The maximum Gasteiger partial charge on any atom is 0.251 e. The minimum Gasteiger partial charge on any atom is -0.439 e. The summed E-state index contributed by atoms with van der Waals surface area (Å²) >= 11 is 0. The first-order valence-corrected chi connectivity index (χ1v) is 9.77. The van der Waals surface area contributed by atoms with Crippen molar-refractivity contribution in [2.75, 3.05) is 0 Å². The van der Waals surface area contributed by atoms with E-state index in [4.69, 9.17) is 4.74 Å². The van der Waals surface area contributed by atoms with E-state index in [1.165, 1.54) is 12.1 Å². The Balaban J connectivity index is 1.44. The molecule has 0 fully saturated rings. The van der Waals surface area contributed by atoms with E-state index in [0.29, 0.717) is 29.6 Å². The van der Waals surface area contributed by atoms with Crippen molar-refractivity contribution in [3.05, 3.63) is 108 Å². The molecule has 4 aromatic rings. The van der Waals surface area contributed by atoms with Gasteiger partial charge in [-0.2, -0.15) is 4.98 Å². The average Bonchev–Trinajstić information content (AvgIpc) is 2.79. The Morgan fingerprint density at radius 3 is 2.55 bits per heavy atom. The Kier molecular flexibility index (Phi) is 5.98. The maximum absolute atomic E-state index is 13.0. The second kappa shape index (κ2) is 9.17. The summed E-state index contributed by atoms with van der Waals surface area (Å²) in [6.07, 6.45) is 1.64. The third-order valence-electron chi connectivity index (χ3n) is 4.62. The smallest absolute Gasteiger partial charge is 0.251 e. The van der Waals surface area contributed by atoms with Gasteiger partial charge in [0.2, 0.25) is 5.88 Å². The molecule has 0 saturated carbocycles. The molecule has 0 unspecified atom stereocenters. The zero-order valence-electron chi connectivity index (χ0n) is 16.9. The molecule has 1 N–H and O–H groups in total. The van der Waals surface area contributed by atoms with Gasteiger partial charge >= 0.3 is 0 Å². The van der Waals surface area contributed by atoms with Crippen LogP contribution in [-0.2, 0) is 6.54 Å². The van der Waals surface area contributed by atoms with Crippen LogP contribution in [0.2, 0.25) is 0 Å². The van der Waals surface area contributed by atoms with Crippen molar-refractivity contribution in [3.63, 3.8) is 0 Å². The molecule has 4 rings (SSSR count). The van der Waals surface area contributed by atoms with Crippen molar-refractivity contribution in [2.24, 2.45) is 0 Å². The number of hydrogen-bond donors (Lipinski definition) is 1. The summed E-state index contributed by atoms with van der Waals surface area (Å²) in [4.78, 5) is 21.3. The number of carbonyl (C=O) groups is 1. The van der Waals surface area contributed by atoms with E-state index in [0.717, 1.165) is 16.7 Å². The van der Waals surface area contributed by atoms with Crippen LogP contribution in [0.25, 0.3) is 11.4 Å². The van der Waals surface area contributed by atoms with Crippen molar-refractivity contribution in [1.29, 1.82) is 0 Å². The molecular weight excluding hydrogens is 393 g/mol. The molecule has 0 aliphatic carbocycles. The van der Waals surface area contributed by atoms with E-state index in [-0.39, 0.29) is 11.7 Å². The van der Waals surface area contributed by atoms with E-state index < -0.39 is 0 Å². The minimum absolute atomic E-state index is 0.252. The molecule has 6 heteroatoms. The van der Waals surface area contributed by atoms with Crippen LogP contribution in [0.15, 0.2) is 85.1 Å². The van der Waals surface area contributed by atoms with Gasteiger partial charge in [0.15, 0.2) is 5.82 Å². The van der Waals surface area contributed by atoms with Crippen molar-refractivity contribution >= 4 is 5.91 Å². The summed E-state index contributed by atoms with van der Waals surface area (Å²) in [5, 5.41) is 2.82. The van der Waals surface area contributed by atoms with Crippen LogP contribution in [0.5, 0.6) is 11.6 Å². The van der Waals surface area contributed by atoms with Crippen molar-refractivity contribution in [3.8, 4) is 23.0 Å². The van der Waals surface area contributed by atoms with Gasteiger partial charge in [-0.05, 0) is 42.8 Å². The Morgan fingerprint density at radius 1 is 1.00 bits per heavy atom. The van der Waals surface area contributed by atoms with E-state index in [1.54, 1.807) is 48.7 Å². The monoisotopic (exact) mass is 413 g/mol. The Morgan fingerprint density at radius 2 is 1.77 bits per heavy atom. The summed E-state index contributed by atoms with van der Waals surface area (Å²) in [5.41, 5.74) is 3.31. The Hall–Kier alpha value is -4.06. The highest BCUT2D eigenvalue weighted by atomic mass is 19.1. The van der Waals surface area contributed by atoms with Gasteiger partial charge in [-0.1, -0.05) is 48.0 Å². The molecule has 0 atom stereocenters. The lowest BCUT2D eigenvalue weighted by atomic mass is 10.1. The highest BCUT2D eigenvalue weighted by molar-refractivity contribution is 5.94. The number of nitrogens with zero attached hydrogens (tertiary/aromatic N) is 2. The molecule has 5 nitrogen and oxygen atoms in total. The molecule has 1 amide bonds. The summed E-state index contributed by atoms with van der Waals surface area (Å²) in [7, 11) is 0. The predicted octanol–water partition coefficient (Wildman–Crippen LogP) is 5.31. The molecule has 1 heterocycles. The zero-order chi connectivity index (χ0) is 21.6. The van der Waals surface area contributed by atoms with Gasteiger partial charge in [0, 0.05) is 29.9 Å². The normalized spacial score (nSPS) is 10.5. The first kappa shape index (κ1) is 20.2. The summed E-state index contributed by atoms with van der Waals surface area (Å²) < 4.78 is 18.9. The lowest BCUT2D eigenvalue weighted by molar-refractivity contribution is 0.0950. The van der Waals surface area contributed by atoms with Crippen LogP contribution < -0.4 is 10.1 Å². The fraction of sp³-hybridized carbons (Fsp3) is 0.0800. The highest BCUT2D eigenvalue weighted by Crippen LogP contribution is 2.23. The molecule has 31 heavy (non-hydrogen) atoms. The molecule has 0 radical (unpaired) electrons. The molecule has 0 spiro atoms. The molecule has 0 aliphatic heterocycles. The standard InChI is InChI=1S/C25H20FN3O2/c1-17-5-9-19(10-6-17)24-27-14-13-23(29-24)31-22-4-2-3-20(15-22)25(30)28-16-18-7-11-21(26)12-8-18/h2-15H,16H2,1H3,(H,28,30). The lowest BCUT2D eigenvalue weighted by Gasteiger charge is -2.09. The quantitative estimate of drug-likeness (QED) is 0.465. The number of rotatable bonds is 6. The topological polar surface area (TPSA) is 64.1 Å². The Bertz CT molecular complexity index is 1190. The van der Waals surface area contributed by atoms with Crippen LogP contribution in [-0.4, -0.2) is 15.9 Å². The van der Waals surface area contributed by atoms with E-state index in [1.807, 2.05) is 31.2 Å². The fourth-order valence-corrected chi connectivity index (χ4v) is 2.95. The first-order valence-electron chi connectivity index (χ1n) is 9.77. The van der Waals surface area contributed by atoms with E-state index in [9.17, 15) is 9.18 Å². The molecule has 3 aromatic carbocycles. The maximum atomic E-state index is 13.0. The molecule has 0 bridgehead atoms. The van der Waals surface area contributed by atoms with Gasteiger partial charge in [-0.25, -0.2) is 9.37 Å². The van der Waals surface area contributed by atoms with Crippen LogP contribution in [0, 0.1) is 12.7 Å². The SMILES string of the molecule is Cc1ccc(-c2nccc(Oc3cccc(C(=O)NCc4ccc(F)cc4)c3)n2)cc1. The number of hydrogen-bond acceptors (Lipinski definition) is 4. The lowest BCUT2D eigenvalue weighted by Crippen LogP contribution is -2.22. The van der Waals surface area contributed by atoms with Gasteiger partial charge in [0.25, 0.3) is 5.91 Å². The molecule has 1 aromatic heterocycles. The number of aromatic nitrogens is 2. The van der Waals surface area contributed by atoms with Crippen molar-refractivity contribution in [2.45, 2.75) is 13.5 Å². The van der Waals surface area contributed by atoms with Gasteiger partial charge in [-0.15, -0.1) is 0 Å². The number of nitrogens with one attached hydrogen (secondary N) is 1. The number of amides is 1. The number of halogens is 1. The third-order valence-corrected chi connectivity index (χ3v) is 4.62. The van der Waals surface area contributed by atoms with Crippen LogP contribution in [0.1, 0.15) is 21.5 Å². The average molecular weight is 413 g/mol. The second-order valence-electron chi connectivity index (χ2n) is 7.02. The highest BCUT2D eigenvalue weighted by Gasteiger charge is 2.09. The predicted molar refractivity (Wildman–Crippen MR) is 116 cm³/mol. The van der Waals surface area contributed by atoms with Crippen LogP contribution in [0.4, 0.5) is 4.39 Å². The number of ether oxygens (including phenoxy) is 1. The summed E-state index contributed by atoms with van der Waals surface area (Å²) in [6.45, 7) is 2.32. The van der Waals surface area contributed by atoms with Gasteiger partial charge < -0.3 is 10.1 Å². The van der Waals surface area contributed by atoms with Gasteiger partial charge in [-0.3, -0.25) is 4.79 Å². The van der Waals surface area contributed by atoms with E-state index >= 15 is 0 Å². The number of carbonyl (C=O) groups excluding carboxylic acids is 1. The molecule has 154 valence electrons.